The third kappa shape index (κ3) is 3.34. The highest BCUT2D eigenvalue weighted by Gasteiger charge is 2.24. The van der Waals surface area contributed by atoms with Crippen LogP contribution in [0.25, 0.3) is 0 Å². The van der Waals surface area contributed by atoms with Crippen LogP contribution in [0.1, 0.15) is 19.0 Å². The minimum atomic E-state index is -3.68. The number of Topliss-reactive ketones (excluding diaryl/α,β-unsaturated/α-hetero) is 1. The lowest BCUT2D eigenvalue weighted by Gasteiger charge is -2.10. The van der Waals surface area contributed by atoms with Crippen molar-refractivity contribution in [3.63, 3.8) is 0 Å². The van der Waals surface area contributed by atoms with Crippen molar-refractivity contribution in [3.05, 3.63) is 54.4 Å². The van der Waals surface area contributed by atoms with E-state index < -0.39 is 10.0 Å². The van der Waals surface area contributed by atoms with E-state index >= 15 is 0 Å². The molecular weight excluding hydrogens is 346 g/mol. The fourth-order valence-corrected chi connectivity index (χ4v) is 4.33. The van der Waals surface area contributed by atoms with E-state index in [1.807, 2.05) is 0 Å². The van der Waals surface area contributed by atoms with Gasteiger partial charge in [-0.1, -0.05) is 18.2 Å². The zero-order chi connectivity index (χ0) is 17.2. The lowest BCUT2D eigenvalue weighted by atomic mass is 10.2. The van der Waals surface area contributed by atoms with E-state index in [9.17, 15) is 13.2 Å². The summed E-state index contributed by atoms with van der Waals surface area (Å²) in [5.41, 5.74) is 1.06. The fraction of sp³-hybridized carbons (Fsp3) is 0.188. The molecule has 0 aliphatic carbocycles. The SMILES string of the molecule is CC(=O)CSC1=NN=C(c2cccn2S(=O)(=O)c2ccccc2)C1. The lowest BCUT2D eigenvalue weighted by Crippen LogP contribution is -2.18. The van der Waals surface area contributed by atoms with Gasteiger partial charge >= 0.3 is 0 Å². The standard InChI is InChI=1S/C16H15N3O3S2/c1-12(20)11-23-16-10-14(17-18-16)15-8-5-9-19(15)24(21,22)13-6-3-2-4-7-13/h2-9H,10-11H2,1H3. The maximum Gasteiger partial charge on any atom is 0.268 e. The van der Waals surface area contributed by atoms with E-state index in [2.05, 4.69) is 10.2 Å². The second kappa shape index (κ2) is 6.74. The summed E-state index contributed by atoms with van der Waals surface area (Å²) in [6.45, 7) is 1.52. The third-order valence-corrected chi connectivity index (χ3v) is 6.17. The Morgan fingerprint density at radius 1 is 1.17 bits per heavy atom. The maximum absolute atomic E-state index is 12.8. The summed E-state index contributed by atoms with van der Waals surface area (Å²) in [4.78, 5) is 11.3. The zero-order valence-corrected chi connectivity index (χ0v) is 14.5. The first-order valence-corrected chi connectivity index (χ1v) is 9.65. The number of rotatable bonds is 5. The molecule has 24 heavy (non-hydrogen) atoms. The summed E-state index contributed by atoms with van der Waals surface area (Å²) >= 11 is 1.33. The highest BCUT2D eigenvalue weighted by molar-refractivity contribution is 8.14. The zero-order valence-electron chi connectivity index (χ0n) is 12.9. The second-order valence-corrected chi connectivity index (χ2v) is 8.08. The Hall–Kier alpha value is -2.19. The molecule has 0 spiro atoms. The molecule has 6 nitrogen and oxygen atoms in total. The van der Waals surface area contributed by atoms with Crippen LogP contribution < -0.4 is 0 Å². The summed E-state index contributed by atoms with van der Waals surface area (Å²) in [5.74, 6) is 0.400. The van der Waals surface area contributed by atoms with Crippen molar-refractivity contribution in [2.45, 2.75) is 18.2 Å². The van der Waals surface area contributed by atoms with E-state index in [1.54, 1.807) is 42.5 Å². The Morgan fingerprint density at radius 2 is 1.92 bits per heavy atom. The molecule has 8 heteroatoms. The van der Waals surface area contributed by atoms with Gasteiger partial charge in [0.05, 0.1) is 22.1 Å². The summed E-state index contributed by atoms with van der Waals surface area (Å²) in [5, 5.41) is 8.85. The van der Waals surface area contributed by atoms with E-state index in [0.717, 1.165) is 0 Å². The van der Waals surface area contributed by atoms with Crippen LogP contribution in [0.3, 0.4) is 0 Å². The van der Waals surface area contributed by atoms with Crippen LogP contribution in [0.2, 0.25) is 0 Å². The van der Waals surface area contributed by atoms with Gasteiger partial charge in [0.1, 0.15) is 10.8 Å². The second-order valence-electron chi connectivity index (χ2n) is 5.22. The predicted octanol–water partition coefficient (Wildman–Crippen LogP) is 2.55. The van der Waals surface area contributed by atoms with Gasteiger partial charge in [-0.3, -0.25) is 4.79 Å². The number of carbonyl (C=O) groups excluding carboxylic acids is 1. The Balaban J connectivity index is 1.84. The molecule has 0 radical (unpaired) electrons. The van der Waals surface area contributed by atoms with Gasteiger partial charge in [-0.2, -0.15) is 5.10 Å². The number of thioether (sulfide) groups is 1. The highest BCUT2D eigenvalue weighted by Crippen LogP contribution is 2.22. The van der Waals surface area contributed by atoms with E-state index in [-0.39, 0.29) is 10.7 Å². The van der Waals surface area contributed by atoms with Crippen LogP contribution in [-0.2, 0) is 14.8 Å². The fourth-order valence-electron chi connectivity index (χ4n) is 2.24. The number of aromatic nitrogens is 1. The van der Waals surface area contributed by atoms with E-state index in [0.29, 0.717) is 28.6 Å². The molecule has 0 fully saturated rings. The lowest BCUT2D eigenvalue weighted by molar-refractivity contribution is -0.114. The highest BCUT2D eigenvalue weighted by atomic mass is 32.2. The summed E-state index contributed by atoms with van der Waals surface area (Å²) in [6.07, 6.45) is 1.92. The molecule has 0 N–H and O–H groups in total. The van der Waals surface area contributed by atoms with Crippen molar-refractivity contribution in [1.82, 2.24) is 3.97 Å². The van der Waals surface area contributed by atoms with Crippen LogP contribution in [0.5, 0.6) is 0 Å². The average molecular weight is 361 g/mol. The molecule has 3 rings (SSSR count). The van der Waals surface area contributed by atoms with Gasteiger partial charge in [0.15, 0.2) is 0 Å². The van der Waals surface area contributed by atoms with Crippen LogP contribution in [-0.4, -0.2) is 34.7 Å². The van der Waals surface area contributed by atoms with Crippen molar-refractivity contribution in [2.24, 2.45) is 10.2 Å². The number of carbonyl (C=O) groups is 1. The van der Waals surface area contributed by atoms with Gasteiger partial charge in [0, 0.05) is 12.6 Å². The Kier molecular flexibility index (Phi) is 4.68. The number of nitrogens with zero attached hydrogens (tertiary/aromatic N) is 3. The molecule has 0 atom stereocenters. The number of hydrogen-bond donors (Lipinski definition) is 0. The summed E-state index contributed by atoms with van der Waals surface area (Å²) < 4.78 is 26.8. The van der Waals surface area contributed by atoms with Gasteiger partial charge in [-0.05, 0) is 31.2 Å². The van der Waals surface area contributed by atoms with Crippen molar-refractivity contribution < 1.29 is 13.2 Å². The van der Waals surface area contributed by atoms with Crippen molar-refractivity contribution >= 4 is 38.3 Å². The topological polar surface area (TPSA) is 80.9 Å². The summed E-state index contributed by atoms with van der Waals surface area (Å²) in [7, 11) is -3.68. The van der Waals surface area contributed by atoms with Crippen molar-refractivity contribution in [2.75, 3.05) is 5.75 Å². The van der Waals surface area contributed by atoms with Gasteiger partial charge < -0.3 is 0 Å². The molecule has 0 unspecified atom stereocenters. The molecule has 0 saturated carbocycles. The molecule has 1 aliphatic heterocycles. The quantitative estimate of drug-likeness (QED) is 0.820. The minimum Gasteiger partial charge on any atom is -0.299 e. The normalized spacial score (nSPS) is 14.4. The molecule has 0 amide bonds. The smallest absolute Gasteiger partial charge is 0.268 e. The summed E-state index contributed by atoms with van der Waals surface area (Å²) in [6, 6.07) is 11.6. The molecular formula is C16H15N3O3S2. The first kappa shape index (κ1) is 16.7. The maximum atomic E-state index is 12.8. The Labute approximate surface area is 144 Å². The van der Waals surface area contributed by atoms with Crippen molar-refractivity contribution in [3.8, 4) is 0 Å². The van der Waals surface area contributed by atoms with E-state index in [1.165, 1.54) is 28.9 Å². The molecule has 0 saturated heterocycles. The molecule has 1 aromatic heterocycles. The number of benzene rings is 1. The van der Waals surface area contributed by atoms with Gasteiger partial charge in [-0.25, -0.2) is 12.4 Å². The number of hydrogen-bond acceptors (Lipinski definition) is 6. The molecule has 124 valence electrons. The largest absolute Gasteiger partial charge is 0.299 e. The average Bonchev–Trinajstić information content (AvgIpc) is 3.23. The molecule has 1 aliphatic rings. The Bertz CT molecular complexity index is 928. The molecule has 1 aromatic carbocycles. The van der Waals surface area contributed by atoms with Gasteiger partial charge in [0.2, 0.25) is 0 Å². The first-order valence-electron chi connectivity index (χ1n) is 7.22. The van der Waals surface area contributed by atoms with E-state index in [4.69, 9.17) is 0 Å². The van der Waals surface area contributed by atoms with Crippen molar-refractivity contribution in [1.29, 1.82) is 0 Å². The van der Waals surface area contributed by atoms with Crippen LogP contribution in [0.4, 0.5) is 0 Å². The monoisotopic (exact) mass is 361 g/mol. The van der Waals surface area contributed by atoms with Gasteiger partial charge in [-0.15, -0.1) is 16.9 Å². The molecule has 0 bridgehead atoms. The third-order valence-electron chi connectivity index (χ3n) is 3.35. The molecule has 2 aromatic rings. The first-order chi connectivity index (χ1) is 11.5. The Morgan fingerprint density at radius 3 is 2.62 bits per heavy atom. The van der Waals surface area contributed by atoms with Crippen LogP contribution in [0.15, 0.2) is 63.8 Å². The van der Waals surface area contributed by atoms with Crippen LogP contribution in [0, 0.1) is 0 Å². The number of ketones is 1. The predicted molar refractivity (Wildman–Crippen MR) is 95.2 cm³/mol. The van der Waals surface area contributed by atoms with Gasteiger partial charge in [0.25, 0.3) is 10.0 Å². The van der Waals surface area contributed by atoms with Crippen LogP contribution >= 0.6 is 11.8 Å². The molecule has 2 heterocycles. The minimum absolute atomic E-state index is 0.0613.